The van der Waals surface area contributed by atoms with E-state index in [9.17, 15) is 15.0 Å². The second-order valence-corrected chi connectivity index (χ2v) is 10.9. The maximum absolute atomic E-state index is 13.2. The Labute approximate surface area is 203 Å². The van der Waals surface area contributed by atoms with Crippen LogP contribution in [-0.2, 0) is 16.6 Å². The van der Waals surface area contributed by atoms with Crippen molar-refractivity contribution in [2.45, 2.75) is 54.9 Å². The summed E-state index contributed by atoms with van der Waals surface area (Å²) in [4.78, 5) is 17.3. The minimum absolute atomic E-state index is 0.0474. The number of hydrogen-bond acceptors (Lipinski definition) is 6. The lowest BCUT2D eigenvalue weighted by Crippen LogP contribution is -2.78. The van der Waals surface area contributed by atoms with Gasteiger partial charge in [0.1, 0.15) is 6.10 Å². The summed E-state index contributed by atoms with van der Waals surface area (Å²) in [7, 11) is 1.83. The van der Waals surface area contributed by atoms with Gasteiger partial charge < -0.3 is 19.8 Å². The summed E-state index contributed by atoms with van der Waals surface area (Å²) in [5.74, 6) is 0.526. The fraction of sp³-hybridized carbons (Fsp3) is 0.444. The van der Waals surface area contributed by atoms with Gasteiger partial charge in [-0.15, -0.1) is 6.58 Å². The van der Waals surface area contributed by atoms with Crippen LogP contribution in [0.4, 0.5) is 0 Å². The third kappa shape index (κ3) is 2.78. The minimum atomic E-state index is -0.988. The number of likely N-dealkylation sites (tertiary alicyclic amines) is 1. The molecule has 2 N–H and O–H groups in total. The molecule has 34 heavy (non-hydrogen) atoms. The number of phenolic OH excluding ortho intramolecular Hbond substituents is 1. The molecule has 3 heterocycles. The van der Waals surface area contributed by atoms with Gasteiger partial charge in [0.25, 0.3) is 0 Å². The monoisotopic (exact) mass is 478 g/mol. The SMILES string of the molecule is C=CCN1CC[C@]23c4c5ccc(O)c4OC2C(N(C)C(=O)/C=C/c2ccsc2)CC[C@@]3(O)[C@H]1C5. The van der Waals surface area contributed by atoms with Gasteiger partial charge in [0.15, 0.2) is 11.5 Å². The van der Waals surface area contributed by atoms with Gasteiger partial charge in [0.2, 0.25) is 5.91 Å². The molecule has 0 radical (unpaired) electrons. The molecule has 2 fully saturated rings. The molecule has 178 valence electrons. The number of piperidine rings is 1. The summed E-state index contributed by atoms with van der Waals surface area (Å²) in [5.41, 5.74) is 1.47. The lowest BCUT2D eigenvalue weighted by atomic mass is 9.48. The molecule has 1 spiro atoms. The van der Waals surface area contributed by atoms with Crippen molar-refractivity contribution in [1.82, 2.24) is 9.80 Å². The van der Waals surface area contributed by atoms with Crippen LogP contribution in [0.5, 0.6) is 11.5 Å². The van der Waals surface area contributed by atoms with E-state index in [1.54, 1.807) is 28.4 Å². The molecular weight excluding hydrogens is 448 g/mol. The Morgan fingerprint density at radius 3 is 3.00 bits per heavy atom. The Morgan fingerprint density at radius 2 is 2.24 bits per heavy atom. The first kappa shape index (κ1) is 21.9. The lowest BCUT2D eigenvalue weighted by Gasteiger charge is -2.64. The van der Waals surface area contributed by atoms with Gasteiger partial charge in [-0.2, -0.15) is 11.3 Å². The number of hydrogen-bond donors (Lipinski definition) is 2. The fourth-order valence-corrected chi connectivity index (χ4v) is 7.83. The second-order valence-electron chi connectivity index (χ2n) is 10.1. The van der Waals surface area contributed by atoms with Gasteiger partial charge in [-0.1, -0.05) is 12.1 Å². The van der Waals surface area contributed by atoms with Crippen LogP contribution in [0.3, 0.4) is 0 Å². The highest BCUT2D eigenvalue weighted by atomic mass is 32.1. The van der Waals surface area contributed by atoms with Gasteiger partial charge in [-0.05, 0) is 72.3 Å². The van der Waals surface area contributed by atoms with Crippen LogP contribution in [-0.4, -0.2) is 69.8 Å². The summed E-state index contributed by atoms with van der Waals surface area (Å²) < 4.78 is 6.54. The first-order valence-corrected chi connectivity index (χ1v) is 12.9. The molecule has 1 saturated carbocycles. The van der Waals surface area contributed by atoms with Crippen molar-refractivity contribution in [2.24, 2.45) is 0 Å². The summed E-state index contributed by atoms with van der Waals surface area (Å²) in [6.07, 6.45) is 7.59. The number of aromatic hydroxyl groups is 1. The minimum Gasteiger partial charge on any atom is -0.504 e. The van der Waals surface area contributed by atoms with Crippen LogP contribution >= 0.6 is 11.3 Å². The topological polar surface area (TPSA) is 73.2 Å². The van der Waals surface area contributed by atoms with Crippen LogP contribution in [0.25, 0.3) is 6.08 Å². The number of thiophene rings is 1. The molecule has 1 aromatic carbocycles. The number of ether oxygens (including phenoxy) is 1. The van der Waals surface area contributed by atoms with E-state index in [2.05, 4.69) is 11.5 Å². The molecule has 7 heteroatoms. The number of likely N-dealkylation sites (N-methyl/N-ethyl adjacent to an activating group) is 1. The van der Waals surface area contributed by atoms with E-state index in [0.29, 0.717) is 31.4 Å². The maximum atomic E-state index is 13.2. The quantitative estimate of drug-likeness (QED) is 0.510. The number of nitrogens with zero attached hydrogens (tertiary/aromatic N) is 2. The molecule has 2 bridgehead atoms. The number of carbonyl (C=O) groups excluding carboxylic acids is 1. The van der Waals surface area contributed by atoms with E-state index in [0.717, 1.165) is 29.8 Å². The van der Waals surface area contributed by atoms with E-state index in [-0.39, 0.29) is 23.7 Å². The Kier molecular flexibility index (Phi) is 4.96. The van der Waals surface area contributed by atoms with Crippen molar-refractivity contribution in [1.29, 1.82) is 0 Å². The van der Waals surface area contributed by atoms with Gasteiger partial charge in [-0.25, -0.2) is 0 Å². The third-order valence-electron chi connectivity index (χ3n) is 8.71. The smallest absolute Gasteiger partial charge is 0.246 e. The molecule has 2 unspecified atom stereocenters. The number of aliphatic hydroxyl groups is 1. The summed E-state index contributed by atoms with van der Waals surface area (Å²) in [6, 6.07) is 5.41. The van der Waals surface area contributed by atoms with Crippen LogP contribution in [0, 0.1) is 0 Å². The number of rotatable bonds is 5. The van der Waals surface area contributed by atoms with Crippen LogP contribution in [0.2, 0.25) is 0 Å². The van der Waals surface area contributed by atoms with Crippen LogP contribution < -0.4 is 4.74 Å². The Hall–Kier alpha value is -2.61. The summed E-state index contributed by atoms with van der Waals surface area (Å²) in [5, 5.41) is 27.1. The van der Waals surface area contributed by atoms with Crippen molar-refractivity contribution < 1.29 is 19.7 Å². The highest BCUT2D eigenvalue weighted by Gasteiger charge is 2.73. The van der Waals surface area contributed by atoms with E-state index in [1.165, 1.54) is 0 Å². The molecule has 1 amide bonds. The van der Waals surface area contributed by atoms with Crippen LogP contribution in [0.15, 0.2) is 47.7 Å². The average molecular weight is 479 g/mol. The van der Waals surface area contributed by atoms with Crippen molar-refractivity contribution in [3.63, 3.8) is 0 Å². The molecule has 1 aromatic heterocycles. The maximum Gasteiger partial charge on any atom is 0.246 e. The Balaban J connectivity index is 1.41. The highest BCUT2D eigenvalue weighted by molar-refractivity contribution is 7.08. The molecule has 1 saturated heterocycles. The largest absolute Gasteiger partial charge is 0.504 e. The molecule has 6 rings (SSSR count). The molecule has 5 atom stereocenters. The molecular formula is C27H30N2O4S. The number of benzene rings is 1. The summed E-state index contributed by atoms with van der Waals surface area (Å²) >= 11 is 1.60. The zero-order valence-electron chi connectivity index (χ0n) is 19.3. The first-order chi connectivity index (χ1) is 16.4. The number of amides is 1. The van der Waals surface area contributed by atoms with Crippen molar-refractivity contribution in [3.05, 3.63) is 64.4 Å². The van der Waals surface area contributed by atoms with E-state index in [4.69, 9.17) is 4.74 Å². The molecule has 6 nitrogen and oxygen atoms in total. The van der Waals surface area contributed by atoms with Gasteiger partial charge in [0.05, 0.1) is 17.1 Å². The second kappa shape index (κ2) is 7.70. The molecule has 2 aromatic rings. The van der Waals surface area contributed by atoms with Crippen LogP contribution in [0.1, 0.15) is 36.0 Å². The molecule has 4 aliphatic rings. The van der Waals surface area contributed by atoms with E-state index < -0.39 is 17.1 Å². The number of carbonyl (C=O) groups is 1. The molecule has 2 aliphatic heterocycles. The number of phenols is 1. The average Bonchev–Trinajstić information content (AvgIpc) is 3.46. The van der Waals surface area contributed by atoms with E-state index in [1.807, 2.05) is 42.1 Å². The van der Waals surface area contributed by atoms with Crippen molar-refractivity contribution >= 4 is 23.3 Å². The predicted octanol–water partition coefficient (Wildman–Crippen LogP) is 3.33. The van der Waals surface area contributed by atoms with Gasteiger partial charge in [0, 0.05) is 31.3 Å². The summed E-state index contributed by atoms with van der Waals surface area (Å²) in [6.45, 7) is 5.47. The van der Waals surface area contributed by atoms with Gasteiger partial charge >= 0.3 is 0 Å². The standard InChI is InChI=1S/C27H30N2O4S/c1-3-12-29-13-11-26-23-18-5-6-20(30)24(23)33-25(26)19(8-10-27(26,32)21(29)15-18)28(2)22(31)7-4-17-9-14-34-16-17/h3-7,9,14,16,19,21,25,30,32H,1,8,10-13,15H2,2H3/b7-4+/t19?,21-,25?,26+,27-/m1/s1. The Morgan fingerprint density at radius 1 is 1.38 bits per heavy atom. The Bertz CT molecular complexity index is 1180. The normalized spacial score (nSPS) is 33.4. The van der Waals surface area contributed by atoms with E-state index >= 15 is 0 Å². The van der Waals surface area contributed by atoms with Crippen molar-refractivity contribution in [2.75, 3.05) is 20.1 Å². The zero-order chi connectivity index (χ0) is 23.7. The predicted molar refractivity (Wildman–Crippen MR) is 132 cm³/mol. The zero-order valence-corrected chi connectivity index (χ0v) is 20.1. The van der Waals surface area contributed by atoms with Crippen molar-refractivity contribution in [3.8, 4) is 11.5 Å². The highest BCUT2D eigenvalue weighted by Crippen LogP contribution is 2.65. The first-order valence-electron chi connectivity index (χ1n) is 12.0. The van der Waals surface area contributed by atoms with Gasteiger partial charge in [-0.3, -0.25) is 9.69 Å². The fourth-order valence-electron chi connectivity index (χ4n) is 7.20. The molecule has 2 aliphatic carbocycles. The third-order valence-corrected chi connectivity index (χ3v) is 9.41. The lowest BCUT2D eigenvalue weighted by molar-refractivity contribution is -0.198.